The van der Waals surface area contributed by atoms with Gasteiger partial charge in [0.05, 0.1) is 6.04 Å². The van der Waals surface area contributed by atoms with Crippen LogP contribution < -0.4 is 10.6 Å². The predicted molar refractivity (Wildman–Crippen MR) is 103 cm³/mol. The molecule has 0 aliphatic carbocycles. The second-order valence-corrected chi connectivity index (χ2v) is 6.70. The minimum atomic E-state index is -0.0664. The maximum Gasteiger partial charge on any atom is 0.317 e. The van der Waals surface area contributed by atoms with E-state index in [2.05, 4.69) is 10.6 Å². The van der Waals surface area contributed by atoms with E-state index in [0.29, 0.717) is 25.9 Å². The average Bonchev–Trinajstić information content (AvgIpc) is 2.69. The van der Waals surface area contributed by atoms with Gasteiger partial charge in [-0.15, -0.1) is 0 Å². The third kappa shape index (κ3) is 4.63. The molecule has 2 aromatic rings. The number of amides is 3. The summed E-state index contributed by atoms with van der Waals surface area (Å²) in [7, 11) is 0. The fraction of sp³-hybridized carbons (Fsp3) is 0.333. The van der Waals surface area contributed by atoms with Gasteiger partial charge in [0, 0.05) is 24.7 Å². The van der Waals surface area contributed by atoms with Crippen LogP contribution in [0.25, 0.3) is 0 Å². The van der Waals surface area contributed by atoms with Gasteiger partial charge in [0.25, 0.3) is 0 Å². The number of carbonyl (C=O) groups excluding carboxylic acids is 2. The summed E-state index contributed by atoms with van der Waals surface area (Å²) >= 11 is 0. The number of carbonyl (C=O) groups is 2. The lowest BCUT2D eigenvalue weighted by molar-refractivity contribution is -0.121. The highest BCUT2D eigenvalue weighted by atomic mass is 16.2. The van der Waals surface area contributed by atoms with Crippen LogP contribution >= 0.6 is 0 Å². The summed E-state index contributed by atoms with van der Waals surface area (Å²) in [5, 5.41) is 5.99. The number of likely N-dealkylation sites (tertiary alicyclic amines) is 1. The number of piperidine rings is 1. The van der Waals surface area contributed by atoms with E-state index in [1.807, 2.05) is 67.6 Å². The summed E-state index contributed by atoms with van der Waals surface area (Å²) in [6.45, 7) is 3.17. The number of urea groups is 1. The van der Waals surface area contributed by atoms with Crippen molar-refractivity contribution in [1.82, 2.24) is 10.2 Å². The lowest BCUT2D eigenvalue weighted by Gasteiger charge is -2.32. The van der Waals surface area contributed by atoms with Crippen molar-refractivity contribution < 1.29 is 9.59 Å². The quantitative estimate of drug-likeness (QED) is 0.880. The van der Waals surface area contributed by atoms with Gasteiger partial charge in [0.15, 0.2) is 0 Å². The van der Waals surface area contributed by atoms with Crippen LogP contribution in [0.3, 0.4) is 0 Å². The molecule has 2 aromatic carbocycles. The van der Waals surface area contributed by atoms with Crippen LogP contribution in [-0.4, -0.2) is 29.9 Å². The SMILES string of the molecule is C[C@@H](NC(=O)N1CCC(C(=O)Nc2ccccc2)CC1)c1ccccc1. The van der Waals surface area contributed by atoms with Crippen molar-refractivity contribution in [2.45, 2.75) is 25.8 Å². The molecule has 0 unspecified atom stereocenters. The molecule has 0 bridgehead atoms. The van der Waals surface area contributed by atoms with Crippen molar-refractivity contribution >= 4 is 17.6 Å². The van der Waals surface area contributed by atoms with Gasteiger partial charge >= 0.3 is 6.03 Å². The van der Waals surface area contributed by atoms with Gasteiger partial charge in [-0.3, -0.25) is 4.79 Å². The Hall–Kier alpha value is -2.82. The first-order valence-corrected chi connectivity index (χ1v) is 9.10. The molecule has 1 atom stereocenters. The van der Waals surface area contributed by atoms with Crippen LogP contribution in [0, 0.1) is 5.92 Å². The van der Waals surface area contributed by atoms with Gasteiger partial charge in [0.2, 0.25) is 5.91 Å². The van der Waals surface area contributed by atoms with Crippen molar-refractivity contribution in [3.8, 4) is 0 Å². The highest BCUT2D eigenvalue weighted by Crippen LogP contribution is 2.20. The van der Waals surface area contributed by atoms with Crippen molar-refractivity contribution in [1.29, 1.82) is 0 Å². The predicted octanol–water partition coefficient (Wildman–Crippen LogP) is 3.81. The molecule has 1 saturated heterocycles. The van der Waals surface area contributed by atoms with Crippen molar-refractivity contribution in [2.24, 2.45) is 5.92 Å². The fourth-order valence-corrected chi connectivity index (χ4v) is 3.21. The Morgan fingerprint density at radius 2 is 1.54 bits per heavy atom. The third-order valence-corrected chi connectivity index (χ3v) is 4.83. The van der Waals surface area contributed by atoms with Crippen LogP contribution in [0.2, 0.25) is 0 Å². The molecule has 0 aromatic heterocycles. The van der Waals surface area contributed by atoms with Crippen LogP contribution in [-0.2, 0) is 4.79 Å². The first kappa shape index (κ1) is 18.0. The first-order chi connectivity index (χ1) is 12.6. The Bertz CT molecular complexity index is 725. The Labute approximate surface area is 154 Å². The van der Waals surface area contributed by atoms with Crippen molar-refractivity contribution in [3.63, 3.8) is 0 Å². The molecule has 5 heteroatoms. The Morgan fingerprint density at radius 3 is 2.15 bits per heavy atom. The van der Waals surface area contributed by atoms with E-state index in [4.69, 9.17) is 0 Å². The van der Waals surface area contributed by atoms with Crippen molar-refractivity contribution in [2.75, 3.05) is 18.4 Å². The normalized spacial score (nSPS) is 16.0. The van der Waals surface area contributed by atoms with Gasteiger partial charge in [0.1, 0.15) is 0 Å². The number of nitrogens with one attached hydrogen (secondary N) is 2. The number of nitrogens with zero attached hydrogens (tertiary/aromatic N) is 1. The van der Waals surface area contributed by atoms with E-state index in [-0.39, 0.29) is 23.9 Å². The van der Waals surface area contributed by atoms with Crippen LogP contribution in [0.1, 0.15) is 31.4 Å². The monoisotopic (exact) mass is 351 g/mol. The largest absolute Gasteiger partial charge is 0.331 e. The molecule has 0 spiro atoms. The fourth-order valence-electron chi connectivity index (χ4n) is 3.21. The molecular weight excluding hydrogens is 326 g/mol. The minimum absolute atomic E-state index is 0.0360. The number of anilines is 1. The van der Waals surface area contributed by atoms with Gasteiger partial charge in [-0.25, -0.2) is 4.79 Å². The average molecular weight is 351 g/mol. The maximum atomic E-state index is 12.5. The number of hydrogen-bond donors (Lipinski definition) is 2. The second kappa shape index (κ2) is 8.52. The highest BCUT2D eigenvalue weighted by Gasteiger charge is 2.27. The number of benzene rings is 2. The van der Waals surface area contributed by atoms with Crippen molar-refractivity contribution in [3.05, 3.63) is 66.2 Å². The minimum Gasteiger partial charge on any atom is -0.331 e. The molecular formula is C21H25N3O2. The molecule has 3 rings (SSSR count). The van der Waals surface area contributed by atoms with Crippen LogP contribution in [0.15, 0.2) is 60.7 Å². The molecule has 1 heterocycles. The molecule has 1 fully saturated rings. The van der Waals surface area contributed by atoms with Crippen LogP contribution in [0.5, 0.6) is 0 Å². The molecule has 26 heavy (non-hydrogen) atoms. The van der Waals surface area contributed by atoms with E-state index in [0.717, 1.165) is 11.3 Å². The standard InChI is InChI=1S/C21H25N3O2/c1-16(17-8-4-2-5-9-17)22-21(26)24-14-12-18(13-15-24)20(25)23-19-10-6-3-7-11-19/h2-11,16,18H,12-15H2,1H3,(H,22,26)(H,23,25)/t16-/m1/s1. The van der Waals surface area contributed by atoms with E-state index in [9.17, 15) is 9.59 Å². The molecule has 0 saturated carbocycles. The van der Waals surface area contributed by atoms with E-state index >= 15 is 0 Å². The molecule has 136 valence electrons. The topological polar surface area (TPSA) is 61.4 Å². The summed E-state index contributed by atoms with van der Waals surface area (Å²) in [6.07, 6.45) is 1.37. The van der Waals surface area contributed by atoms with E-state index < -0.39 is 0 Å². The zero-order valence-electron chi connectivity index (χ0n) is 15.0. The molecule has 1 aliphatic rings. The Kier molecular flexibility index (Phi) is 5.89. The first-order valence-electron chi connectivity index (χ1n) is 9.10. The lowest BCUT2D eigenvalue weighted by Crippen LogP contribution is -2.46. The summed E-state index contributed by atoms with van der Waals surface area (Å²) in [5.41, 5.74) is 1.90. The van der Waals surface area contributed by atoms with Gasteiger partial charge in [-0.1, -0.05) is 48.5 Å². The zero-order valence-corrected chi connectivity index (χ0v) is 15.0. The third-order valence-electron chi connectivity index (χ3n) is 4.83. The summed E-state index contributed by atoms with van der Waals surface area (Å²) in [6, 6.07) is 19.3. The number of hydrogen-bond acceptors (Lipinski definition) is 2. The van der Waals surface area contributed by atoms with E-state index in [1.165, 1.54) is 0 Å². The summed E-state index contributed by atoms with van der Waals surface area (Å²) in [4.78, 5) is 26.6. The summed E-state index contributed by atoms with van der Waals surface area (Å²) in [5.74, 6) is -0.0142. The van der Waals surface area contributed by atoms with Gasteiger partial charge in [-0.05, 0) is 37.5 Å². The molecule has 2 N–H and O–H groups in total. The Morgan fingerprint density at radius 1 is 0.962 bits per heavy atom. The van der Waals surface area contributed by atoms with Gasteiger partial charge < -0.3 is 15.5 Å². The number of para-hydroxylation sites is 1. The summed E-state index contributed by atoms with van der Waals surface area (Å²) < 4.78 is 0. The smallest absolute Gasteiger partial charge is 0.317 e. The second-order valence-electron chi connectivity index (χ2n) is 6.70. The maximum absolute atomic E-state index is 12.5. The zero-order chi connectivity index (χ0) is 18.4. The highest BCUT2D eigenvalue weighted by molar-refractivity contribution is 5.92. The molecule has 1 aliphatic heterocycles. The Balaban J connectivity index is 1.47. The van der Waals surface area contributed by atoms with Gasteiger partial charge in [-0.2, -0.15) is 0 Å². The van der Waals surface area contributed by atoms with E-state index in [1.54, 1.807) is 4.90 Å². The number of rotatable bonds is 4. The molecule has 3 amide bonds. The molecule has 0 radical (unpaired) electrons. The van der Waals surface area contributed by atoms with Crippen LogP contribution in [0.4, 0.5) is 10.5 Å². The lowest BCUT2D eigenvalue weighted by atomic mass is 9.96. The molecule has 5 nitrogen and oxygen atoms in total.